The minimum absolute atomic E-state index is 0. The maximum Gasteiger partial charge on any atom is 1.00 e. The van der Waals surface area contributed by atoms with Gasteiger partial charge in [-0.15, -0.1) is 0 Å². The summed E-state index contributed by atoms with van der Waals surface area (Å²) in [6.07, 6.45) is -0.556. The predicted octanol–water partition coefficient (Wildman–Crippen LogP) is -0.302. The molecule has 0 fully saturated rings. The Morgan fingerprint density at radius 2 is 1.64 bits per heavy atom. The van der Waals surface area contributed by atoms with Crippen LogP contribution in [0.5, 0.6) is 0 Å². The van der Waals surface area contributed by atoms with E-state index in [9.17, 15) is 19.5 Å². The van der Waals surface area contributed by atoms with Gasteiger partial charge < -0.3 is 9.90 Å². The third-order valence-electron chi connectivity index (χ3n) is 1.75. The van der Waals surface area contributed by atoms with E-state index in [2.05, 4.69) is 0 Å². The minimum atomic E-state index is -1.40. The van der Waals surface area contributed by atoms with Crippen molar-refractivity contribution >= 4 is 17.5 Å². The Balaban J connectivity index is 0. The number of aliphatic carboxylic acids is 1. The predicted molar refractivity (Wildman–Crippen MR) is 43.7 cm³/mol. The van der Waals surface area contributed by atoms with Crippen LogP contribution in [0.25, 0.3) is 0 Å². The molecule has 0 rings (SSSR count). The molecule has 0 saturated carbocycles. The van der Waals surface area contributed by atoms with Gasteiger partial charge in [-0.1, -0.05) is 13.8 Å². The van der Waals surface area contributed by atoms with Crippen LogP contribution in [0.4, 0.5) is 0 Å². The van der Waals surface area contributed by atoms with E-state index in [0.29, 0.717) is 0 Å². The van der Waals surface area contributed by atoms with E-state index in [1.54, 1.807) is 13.8 Å². The Morgan fingerprint density at radius 3 is 1.93 bits per heavy atom. The van der Waals surface area contributed by atoms with Crippen LogP contribution in [0.3, 0.4) is 0 Å². The molecule has 5 heteroatoms. The fourth-order valence-corrected chi connectivity index (χ4v) is 1.09. The summed E-state index contributed by atoms with van der Waals surface area (Å²) in [6, 6.07) is 0. The maximum absolute atomic E-state index is 11.2. The van der Waals surface area contributed by atoms with Crippen LogP contribution in [-0.2, 0) is 36.8 Å². The first-order valence-electron chi connectivity index (χ1n) is 3.98. The van der Waals surface area contributed by atoms with Crippen molar-refractivity contribution in [2.75, 3.05) is 0 Å². The zero-order chi connectivity index (χ0) is 10.6. The van der Waals surface area contributed by atoms with Crippen molar-refractivity contribution in [2.45, 2.75) is 33.6 Å². The summed E-state index contributed by atoms with van der Waals surface area (Å²) in [5.41, 5.74) is -0.897. The van der Waals surface area contributed by atoms with Crippen LogP contribution in [0.15, 0.2) is 0 Å². The molecule has 84 valence electrons. The van der Waals surface area contributed by atoms with Gasteiger partial charge >= 0.3 is 22.4 Å². The summed E-state index contributed by atoms with van der Waals surface area (Å²) in [7, 11) is 0. The van der Waals surface area contributed by atoms with Crippen molar-refractivity contribution in [3.63, 3.8) is 0 Å². The Labute approximate surface area is 98.6 Å². The molecule has 0 amide bonds. The first-order chi connectivity index (χ1) is 5.75. The zero-order valence-electron chi connectivity index (χ0n) is 8.35. The van der Waals surface area contributed by atoms with Gasteiger partial charge in [-0.3, -0.25) is 9.59 Å². The van der Waals surface area contributed by atoms with E-state index in [1.165, 1.54) is 6.92 Å². The van der Waals surface area contributed by atoms with Gasteiger partial charge in [-0.05, 0) is 6.92 Å². The molecular formula is C9H13AgO4. The normalized spacial score (nSPS) is 10.2. The number of hydrogen-bond donors (Lipinski definition) is 0. The fraction of sp³-hybridized carbons (Fsp3) is 0.667. The molecule has 0 atom stereocenters. The van der Waals surface area contributed by atoms with Gasteiger partial charge in [0.25, 0.3) is 0 Å². The first kappa shape index (κ1) is 16.0. The molecule has 0 aromatic heterocycles. The van der Waals surface area contributed by atoms with E-state index in [-0.39, 0.29) is 34.6 Å². The summed E-state index contributed by atoms with van der Waals surface area (Å²) in [5, 5.41) is 10.1. The van der Waals surface area contributed by atoms with Gasteiger partial charge in [0.05, 0.1) is 0 Å². The molecule has 0 spiro atoms. The second-order valence-electron chi connectivity index (χ2n) is 3.73. The van der Waals surface area contributed by atoms with Crippen molar-refractivity contribution in [1.29, 1.82) is 0 Å². The molecule has 0 aromatic carbocycles. The summed E-state index contributed by atoms with van der Waals surface area (Å²) < 4.78 is 0. The molecule has 0 aliphatic rings. The summed E-state index contributed by atoms with van der Waals surface area (Å²) in [4.78, 5) is 32.1. The summed E-state index contributed by atoms with van der Waals surface area (Å²) in [6.45, 7) is 4.48. The summed E-state index contributed by atoms with van der Waals surface area (Å²) in [5.74, 6) is -2.00. The number of carbonyl (C=O) groups is 3. The molecule has 0 aliphatic heterocycles. The van der Waals surface area contributed by atoms with Crippen LogP contribution in [0.2, 0.25) is 0 Å². The maximum atomic E-state index is 11.2. The third-order valence-corrected chi connectivity index (χ3v) is 1.75. The number of hydrogen-bond acceptors (Lipinski definition) is 4. The second kappa shape index (κ2) is 6.11. The fourth-order valence-electron chi connectivity index (χ4n) is 1.09. The van der Waals surface area contributed by atoms with Gasteiger partial charge in [-0.25, -0.2) is 0 Å². The molecule has 4 nitrogen and oxygen atoms in total. The number of carboxylic acids is 1. The summed E-state index contributed by atoms with van der Waals surface area (Å²) >= 11 is 0. The van der Waals surface area contributed by atoms with E-state index in [1.807, 2.05) is 0 Å². The van der Waals surface area contributed by atoms with E-state index >= 15 is 0 Å². The number of carbonyl (C=O) groups excluding carboxylic acids is 3. The Kier molecular flexibility index (Phi) is 6.99. The van der Waals surface area contributed by atoms with Gasteiger partial charge in [0, 0.05) is 24.2 Å². The van der Waals surface area contributed by atoms with E-state index in [4.69, 9.17) is 0 Å². The Hall–Kier alpha value is -0.450. The average Bonchev–Trinajstić information content (AvgIpc) is 1.81. The van der Waals surface area contributed by atoms with Crippen molar-refractivity contribution in [1.82, 2.24) is 0 Å². The molecule has 0 radical (unpaired) electrons. The van der Waals surface area contributed by atoms with Crippen LogP contribution >= 0.6 is 0 Å². The molecule has 0 aliphatic carbocycles. The average molecular weight is 293 g/mol. The molecule has 0 saturated heterocycles. The van der Waals surface area contributed by atoms with Gasteiger partial charge in [-0.2, -0.15) is 0 Å². The number of ketones is 2. The molecular weight excluding hydrogens is 280 g/mol. The van der Waals surface area contributed by atoms with Crippen molar-refractivity contribution < 1.29 is 41.9 Å². The smallest absolute Gasteiger partial charge is 0.550 e. The molecule has 14 heavy (non-hydrogen) atoms. The van der Waals surface area contributed by atoms with E-state index in [0.717, 1.165) is 0 Å². The second-order valence-corrected chi connectivity index (χ2v) is 3.73. The topological polar surface area (TPSA) is 74.3 Å². The Bertz CT molecular complexity index is 245. The number of rotatable bonds is 5. The molecule has 0 unspecified atom stereocenters. The van der Waals surface area contributed by atoms with Gasteiger partial charge in [0.2, 0.25) is 0 Å². The van der Waals surface area contributed by atoms with E-state index < -0.39 is 23.6 Å². The van der Waals surface area contributed by atoms with Crippen LogP contribution in [-0.4, -0.2) is 17.5 Å². The quantitative estimate of drug-likeness (QED) is 0.515. The minimum Gasteiger partial charge on any atom is -0.550 e. The number of Topliss-reactive ketones (excluding diaryl/α,β-unsaturated/α-hetero) is 2. The molecule has 0 bridgehead atoms. The largest absolute Gasteiger partial charge is 1.00 e. The first-order valence-corrected chi connectivity index (χ1v) is 3.98. The monoisotopic (exact) mass is 292 g/mol. The molecule has 0 heterocycles. The van der Waals surface area contributed by atoms with Crippen LogP contribution in [0.1, 0.15) is 33.6 Å². The molecule has 0 N–H and O–H groups in total. The Morgan fingerprint density at radius 1 is 1.21 bits per heavy atom. The van der Waals surface area contributed by atoms with Crippen molar-refractivity contribution in [3.05, 3.63) is 0 Å². The van der Waals surface area contributed by atoms with Crippen molar-refractivity contribution in [2.24, 2.45) is 5.41 Å². The number of carboxylic acid groups (broad SMARTS) is 1. The zero-order valence-corrected chi connectivity index (χ0v) is 9.83. The van der Waals surface area contributed by atoms with Crippen LogP contribution < -0.4 is 5.11 Å². The SMILES string of the molecule is CC(=O)CC(C)(C)C(=O)CC(=O)[O-].[Ag+]. The molecule has 0 aromatic rings. The van der Waals surface area contributed by atoms with Crippen LogP contribution in [0, 0.1) is 5.41 Å². The standard InChI is InChI=1S/C9H14O4.Ag/c1-6(10)5-9(2,3)7(11)4-8(12)13;/h4-5H2,1-3H3,(H,12,13);/q;+1/p-1. The van der Waals surface area contributed by atoms with Gasteiger partial charge in [0.1, 0.15) is 11.6 Å². The van der Waals surface area contributed by atoms with Gasteiger partial charge in [0.15, 0.2) is 0 Å². The third kappa shape index (κ3) is 6.07. The van der Waals surface area contributed by atoms with Crippen molar-refractivity contribution in [3.8, 4) is 0 Å².